The Hall–Kier alpha value is -1.84. The molecule has 0 aliphatic heterocycles. The zero-order chi connectivity index (χ0) is 16.8. The lowest BCUT2D eigenvalue weighted by atomic mass is 9.78. The van der Waals surface area contributed by atoms with Crippen LogP contribution in [0.2, 0.25) is 0 Å². The molecule has 2 atom stereocenters. The molecule has 1 aromatic carbocycles. The summed E-state index contributed by atoms with van der Waals surface area (Å²) in [7, 11) is 0. The van der Waals surface area contributed by atoms with E-state index in [1.54, 1.807) is 0 Å². The fourth-order valence-electron chi connectivity index (χ4n) is 3.38. The van der Waals surface area contributed by atoms with Crippen LogP contribution in [0, 0.1) is 11.8 Å². The maximum atomic E-state index is 12.2. The van der Waals surface area contributed by atoms with Gasteiger partial charge in [0.25, 0.3) is 0 Å². The number of aryl methyl sites for hydroxylation is 1. The van der Waals surface area contributed by atoms with E-state index in [0.29, 0.717) is 17.5 Å². The lowest BCUT2D eigenvalue weighted by molar-refractivity contribution is -0.137. The molecule has 2 unspecified atom stereocenters. The van der Waals surface area contributed by atoms with Gasteiger partial charge < -0.3 is 10.6 Å². The first-order chi connectivity index (χ1) is 11.0. The Morgan fingerprint density at radius 2 is 1.74 bits per heavy atom. The molecule has 1 aromatic rings. The summed E-state index contributed by atoms with van der Waals surface area (Å²) in [5, 5.41) is 5.62. The molecule has 4 heteroatoms. The van der Waals surface area contributed by atoms with Crippen molar-refractivity contribution in [2.75, 3.05) is 5.32 Å². The predicted molar refractivity (Wildman–Crippen MR) is 93.2 cm³/mol. The SMILES string of the molecule is CCc1ccc(NC(=O)C(=O)NC2CCCCC2C(C)C)cc1. The van der Waals surface area contributed by atoms with Crippen LogP contribution in [0.25, 0.3) is 0 Å². The molecule has 126 valence electrons. The smallest absolute Gasteiger partial charge is 0.313 e. The molecule has 1 aliphatic carbocycles. The van der Waals surface area contributed by atoms with Gasteiger partial charge in [0.1, 0.15) is 0 Å². The van der Waals surface area contributed by atoms with Gasteiger partial charge in [-0.15, -0.1) is 0 Å². The summed E-state index contributed by atoms with van der Waals surface area (Å²) in [6.07, 6.45) is 5.38. The molecule has 4 nitrogen and oxygen atoms in total. The summed E-state index contributed by atoms with van der Waals surface area (Å²) in [5.74, 6) is -0.126. The van der Waals surface area contributed by atoms with Gasteiger partial charge in [0.2, 0.25) is 0 Å². The van der Waals surface area contributed by atoms with E-state index in [1.807, 2.05) is 24.3 Å². The molecule has 2 N–H and O–H groups in total. The molecule has 2 amide bonds. The van der Waals surface area contributed by atoms with Crippen LogP contribution in [0.4, 0.5) is 5.69 Å². The Bertz CT molecular complexity index is 537. The van der Waals surface area contributed by atoms with E-state index in [9.17, 15) is 9.59 Å². The third-order valence-corrected chi connectivity index (χ3v) is 4.82. The van der Waals surface area contributed by atoms with Crippen LogP contribution in [-0.2, 0) is 16.0 Å². The zero-order valence-electron chi connectivity index (χ0n) is 14.4. The van der Waals surface area contributed by atoms with E-state index in [2.05, 4.69) is 31.4 Å². The van der Waals surface area contributed by atoms with Gasteiger partial charge in [-0.2, -0.15) is 0 Å². The zero-order valence-corrected chi connectivity index (χ0v) is 14.4. The standard InChI is InChI=1S/C19H28N2O2/c1-4-14-9-11-15(12-10-14)20-18(22)19(23)21-17-8-6-5-7-16(17)13(2)3/h9-13,16-17H,4-8H2,1-3H3,(H,20,22)(H,21,23). The molecule has 1 aliphatic rings. The second kappa shape index (κ2) is 8.14. The highest BCUT2D eigenvalue weighted by atomic mass is 16.2. The molecule has 1 saturated carbocycles. The van der Waals surface area contributed by atoms with Crippen LogP contribution >= 0.6 is 0 Å². The van der Waals surface area contributed by atoms with Gasteiger partial charge >= 0.3 is 11.8 Å². The van der Waals surface area contributed by atoms with Crippen LogP contribution in [-0.4, -0.2) is 17.9 Å². The van der Waals surface area contributed by atoms with Crippen molar-refractivity contribution in [3.8, 4) is 0 Å². The van der Waals surface area contributed by atoms with Gasteiger partial charge in [0.05, 0.1) is 0 Å². The summed E-state index contributed by atoms with van der Waals surface area (Å²) in [6.45, 7) is 6.45. The Morgan fingerprint density at radius 1 is 1.09 bits per heavy atom. The van der Waals surface area contributed by atoms with Crippen LogP contribution in [0.3, 0.4) is 0 Å². The van der Waals surface area contributed by atoms with E-state index >= 15 is 0 Å². The maximum Gasteiger partial charge on any atom is 0.313 e. The first-order valence-electron chi connectivity index (χ1n) is 8.72. The Labute approximate surface area is 139 Å². The van der Waals surface area contributed by atoms with Crippen LogP contribution in [0.5, 0.6) is 0 Å². The maximum absolute atomic E-state index is 12.2. The van der Waals surface area contributed by atoms with Gasteiger partial charge in [0.15, 0.2) is 0 Å². The van der Waals surface area contributed by atoms with E-state index in [0.717, 1.165) is 25.7 Å². The Morgan fingerprint density at radius 3 is 2.35 bits per heavy atom. The molecule has 0 radical (unpaired) electrons. The molecule has 0 heterocycles. The summed E-state index contributed by atoms with van der Waals surface area (Å²) in [4.78, 5) is 24.3. The molecule has 1 fully saturated rings. The first kappa shape index (κ1) is 17.5. The van der Waals surface area contributed by atoms with E-state index in [4.69, 9.17) is 0 Å². The molecule has 0 spiro atoms. The van der Waals surface area contributed by atoms with E-state index in [-0.39, 0.29) is 6.04 Å². The van der Waals surface area contributed by atoms with Crippen molar-refractivity contribution in [1.29, 1.82) is 0 Å². The predicted octanol–water partition coefficient (Wildman–Crippen LogP) is 3.52. The normalized spacial score (nSPS) is 21.0. The number of anilines is 1. The van der Waals surface area contributed by atoms with Gasteiger partial charge in [-0.1, -0.05) is 45.7 Å². The lowest BCUT2D eigenvalue weighted by Gasteiger charge is -2.34. The minimum absolute atomic E-state index is 0.115. The number of carbonyl (C=O) groups excluding carboxylic acids is 2. The van der Waals surface area contributed by atoms with Gasteiger partial charge in [0, 0.05) is 11.7 Å². The van der Waals surface area contributed by atoms with Crippen LogP contribution < -0.4 is 10.6 Å². The molecule has 23 heavy (non-hydrogen) atoms. The fourth-order valence-corrected chi connectivity index (χ4v) is 3.38. The third kappa shape index (κ3) is 4.81. The number of amides is 2. The highest BCUT2D eigenvalue weighted by molar-refractivity contribution is 6.39. The molecular weight excluding hydrogens is 288 g/mol. The number of hydrogen-bond donors (Lipinski definition) is 2. The summed E-state index contributed by atoms with van der Waals surface area (Å²) < 4.78 is 0. The highest BCUT2D eigenvalue weighted by Gasteiger charge is 2.30. The fraction of sp³-hybridized carbons (Fsp3) is 0.579. The molecule has 0 bridgehead atoms. The second-order valence-corrected chi connectivity index (χ2v) is 6.78. The van der Waals surface area contributed by atoms with Crippen molar-refractivity contribution < 1.29 is 9.59 Å². The van der Waals surface area contributed by atoms with Crippen molar-refractivity contribution in [2.45, 2.75) is 58.9 Å². The van der Waals surface area contributed by atoms with Crippen molar-refractivity contribution in [1.82, 2.24) is 5.32 Å². The molecular formula is C19H28N2O2. The minimum Gasteiger partial charge on any atom is -0.345 e. The summed E-state index contributed by atoms with van der Waals surface area (Å²) in [5.41, 5.74) is 1.86. The van der Waals surface area contributed by atoms with Crippen molar-refractivity contribution in [2.24, 2.45) is 11.8 Å². The number of benzene rings is 1. The quantitative estimate of drug-likeness (QED) is 0.835. The van der Waals surface area contributed by atoms with Crippen molar-refractivity contribution in [3.63, 3.8) is 0 Å². The number of carbonyl (C=O) groups is 2. The molecule has 0 aromatic heterocycles. The average Bonchev–Trinajstić information content (AvgIpc) is 2.55. The van der Waals surface area contributed by atoms with E-state index in [1.165, 1.54) is 12.0 Å². The molecule has 0 saturated heterocycles. The third-order valence-electron chi connectivity index (χ3n) is 4.82. The largest absolute Gasteiger partial charge is 0.345 e. The monoisotopic (exact) mass is 316 g/mol. The van der Waals surface area contributed by atoms with Gasteiger partial charge in [-0.05, 0) is 48.8 Å². The van der Waals surface area contributed by atoms with Crippen molar-refractivity contribution in [3.05, 3.63) is 29.8 Å². The highest BCUT2D eigenvalue weighted by Crippen LogP contribution is 2.30. The summed E-state index contributed by atoms with van der Waals surface area (Å²) >= 11 is 0. The Kier molecular flexibility index (Phi) is 6.20. The number of hydrogen-bond acceptors (Lipinski definition) is 2. The Balaban J connectivity index is 1.92. The van der Waals surface area contributed by atoms with Gasteiger partial charge in [-0.3, -0.25) is 9.59 Å². The first-order valence-corrected chi connectivity index (χ1v) is 8.72. The molecule has 2 rings (SSSR count). The van der Waals surface area contributed by atoms with Crippen molar-refractivity contribution >= 4 is 17.5 Å². The topological polar surface area (TPSA) is 58.2 Å². The van der Waals surface area contributed by atoms with Crippen LogP contribution in [0.15, 0.2) is 24.3 Å². The average molecular weight is 316 g/mol. The lowest BCUT2D eigenvalue weighted by Crippen LogP contribution is -2.47. The minimum atomic E-state index is -0.581. The van der Waals surface area contributed by atoms with Gasteiger partial charge in [-0.25, -0.2) is 0 Å². The second-order valence-electron chi connectivity index (χ2n) is 6.78. The number of nitrogens with one attached hydrogen (secondary N) is 2. The summed E-state index contributed by atoms with van der Waals surface area (Å²) in [6, 6.07) is 7.71. The number of rotatable bonds is 4. The van der Waals surface area contributed by atoms with E-state index < -0.39 is 11.8 Å². The van der Waals surface area contributed by atoms with Crippen LogP contribution in [0.1, 0.15) is 52.0 Å².